The molecule has 0 atom stereocenters. The Hall–Kier alpha value is -7.32. The maximum Gasteiger partial charge on any atom is 0.119 e. The summed E-state index contributed by atoms with van der Waals surface area (Å²) in [5.41, 5.74) is 13.6. The van der Waals surface area contributed by atoms with E-state index < -0.39 is 0 Å². The number of nitrogens with zero attached hydrogens (tertiary/aromatic N) is 2. The van der Waals surface area contributed by atoms with Gasteiger partial charge >= 0.3 is 0 Å². The van der Waals surface area contributed by atoms with E-state index in [1.807, 2.05) is 85.0 Å². The number of phenols is 2. The van der Waals surface area contributed by atoms with Crippen LogP contribution < -0.4 is 9.47 Å². The molecule has 0 fully saturated rings. The zero-order valence-corrected chi connectivity index (χ0v) is 29.5. The molecule has 5 heterocycles. The van der Waals surface area contributed by atoms with Crippen molar-refractivity contribution in [1.29, 1.82) is 0 Å². The third-order valence-corrected chi connectivity index (χ3v) is 9.78. The van der Waals surface area contributed by atoms with Crippen LogP contribution in [0.1, 0.15) is 22.8 Å². The van der Waals surface area contributed by atoms with Crippen molar-refractivity contribution in [1.82, 2.24) is 19.9 Å². The first-order chi connectivity index (χ1) is 26.4. The first kappa shape index (κ1) is 32.6. The lowest BCUT2D eigenvalue weighted by atomic mass is 10.0. The van der Waals surface area contributed by atoms with Crippen LogP contribution in [-0.2, 0) is 0 Å². The third-order valence-electron chi connectivity index (χ3n) is 9.78. The first-order valence-electron chi connectivity index (χ1n) is 17.5. The van der Waals surface area contributed by atoms with Crippen LogP contribution in [0.25, 0.3) is 90.9 Å². The Morgan fingerprint density at radius 1 is 0.407 bits per heavy atom. The molecule has 0 radical (unpaired) electrons. The predicted molar refractivity (Wildman–Crippen MR) is 217 cm³/mol. The van der Waals surface area contributed by atoms with Gasteiger partial charge in [0.2, 0.25) is 0 Å². The van der Waals surface area contributed by atoms with Gasteiger partial charge in [-0.3, -0.25) is 0 Å². The number of aromatic hydroxyl groups is 2. The van der Waals surface area contributed by atoms with Crippen LogP contribution in [0.2, 0.25) is 0 Å². The number of hydrogen-bond donors (Lipinski definition) is 4. The molecule has 9 rings (SSSR count). The highest BCUT2D eigenvalue weighted by atomic mass is 16.5. The zero-order valence-electron chi connectivity index (χ0n) is 29.5. The number of benzene rings is 4. The van der Waals surface area contributed by atoms with Crippen molar-refractivity contribution in [2.24, 2.45) is 0 Å². The molecule has 0 saturated carbocycles. The lowest BCUT2D eigenvalue weighted by molar-refractivity contribution is 0.415. The summed E-state index contributed by atoms with van der Waals surface area (Å²) in [5, 5.41) is 20.5. The monoisotopic (exact) mass is 706 g/mol. The molecule has 8 heteroatoms. The minimum absolute atomic E-state index is 0.183. The molecule has 0 unspecified atom stereocenters. The maximum atomic E-state index is 10.2. The van der Waals surface area contributed by atoms with Crippen LogP contribution in [0.4, 0.5) is 0 Å². The Morgan fingerprint density at radius 2 is 0.741 bits per heavy atom. The highest BCUT2D eigenvalue weighted by Gasteiger charge is 2.19. The summed E-state index contributed by atoms with van der Waals surface area (Å²) in [7, 11) is 3.32. The van der Waals surface area contributed by atoms with E-state index in [0.717, 1.165) is 101 Å². The number of rotatable bonds is 6. The van der Waals surface area contributed by atoms with Gasteiger partial charge in [0.25, 0.3) is 0 Å². The van der Waals surface area contributed by atoms with E-state index in [2.05, 4.69) is 46.4 Å². The van der Waals surface area contributed by atoms with Gasteiger partial charge in [0, 0.05) is 44.3 Å². The minimum Gasteiger partial charge on any atom is -0.508 e. The van der Waals surface area contributed by atoms with Gasteiger partial charge in [0.15, 0.2) is 0 Å². The number of ether oxygens (including phenoxy) is 2. The average molecular weight is 707 g/mol. The third kappa shape index (κ3) is 5.85. The van der Waals surface area contributed by atoms with Crippen LogP contribution in [0.5, 0.6) is 23.0 Å². The molecule has 7 aromatic rings. The smallest absolute Gasteiger partial charge is 0.119 e. The summed E-state index contributed by atoms with van der Waals surface area (Å²) >= 11 is 0. The molecule has 0 saturated heterocycles. The van der Waals surface area contributed by atoms with E-state index in [4.69, 9.17) is 19.4 Å². The normalized spacial score (nSPS) is 11.9. The van der Waals surface area contributed by atoms with Crippen LogP contribution in [-0.4, -0.2) is 44.4 Å². The number of H-pyrrole nitrogens is 2. The van der Waals surface area contributed by atoms with E-state index in [1.54, 1.807) is 38.5 Å². The molecule has 0 aliphatic carbocycles. The molecule has 2 aliphatic rings. The van der Waals surface area contributed by atoms with Crippen LogP contribution in [0.3, 0.4) is 0 Å². The molecule has 54 heavy (non-hydrogen) atoms. The standard InChI is InChI=1S/C46H34N4O4/c1-53-33-7-3-5-29(25-33)45-39-21-17-35(47-39)43(27-9-13-31(51)14-10-27)37-19-23-41(49-37)46(30-6-4-8-34(26-30)54-2)42-24-20-38(50-42)44(36-18-22-40(45)48-36)28-11-15-32(52)16-12-28/h3-26,47,50-52H,1-2H3. The van der Waals surface area contributed by atoms with Gasteiger partial charge in [-0.2, -0.15) is 0 Å². The van der Waals surface area contributed by atoms with Crippen LogP contribution in [0, 0.1) is 0 Å². The number of fused-ring (bicyclic) bond motifs is 8. The quantitative estimate of drug-likeness (QED) is 0.137. The van der Waals surface area contributed by atoms with Gasteiger partial charge in [-0.05, 0) is 119 Å². The van der Waals surface area contributed by atoms with Crippen molar-refractivity contribution < 1.29 is 19.7 Å². The number of aromatic amines is 2. The predicted octanol–water partition coefficient (Wildman–Crippen LogP) is 10.8. The van der Waals surface area contributed by atoms with Gasteiger partial charge in [-0.1, -0.05) is 48.5 Å². The van der Waals surface area contributed by atoms with E-state index in [1.165, 1.54) is 0 Å². The van der Waals surface area contributed by atoms with Gasteiger partial charge in [-0.15, -0.1) is 0 Å². The summed E-state index contributed by atoms with van der Waals surface area (Å²) in [6.07, 6.45) is 8.14. The second kappa shape index (κ2) is 13.3. The largest absolute Gasteiger partial charge is 0.508 e. The highest BCUT2D eigenvalue weighted by molar-refractivity contribution is 6.00. The topological polar surface area (TPSA) is 116 Å². The number of phenolic OH excluding ortho intramolecular Hbond substituents is 2. The fourth-order valence-corrected chi connectivity index (χ4v) is 7.23. The lowest BCUT2D eigenvalue weighted by Crippen LogP contribution is -1.90. The number of nitrogens with one attached hydrogen (secondary N) is 2. The van der Waals surface area contributed by atoms with Crippen molar-refractivity contribution >= 4 is 46.4 Å². The zero-order chi connectivity index (χ0) is 36.8. The molecule has 0 amide bonds. The Labute approximate surface area is 311 Å². The number of methoxy groups -OCH3 is 2. The molecule has 4 N–H and O–H groups in total. The van der Waals surface area contributed by atoms with Crippen molar-refractivity contribution in [2.75, 3.05) is 14.2 Å². The molecule has 262 valence electrons. The van der Waals surface area contributed by atoms with E-state index in [9.17, 15) is 10.2 Å². The fraction of sp³-hybridized carbons (Fsp3) is 0.0435. The maximum absolute atomic E-state index is 10.2. The van der Waals surface area contributed by atoms with Crippen molar-refractivity contribution in [3.05, 3.63) is 144 Å². The molecule has 8 bridgehead atoms. The summed E-state index contributed by atoms with van der Waals surface area (Å²) < 4.78 is 11.3. The molecule has 8 nitrogen and oxygen atoms in total. The van der Waals surface area contributed by atoms with Crippen molar-refractivity contribution in [2.45, 2.75) is 0 Å². The van der Waals surface area contributed by atoms with E-state index >= 15 is 0 Å². The van der Waals surface area contributed by atoms with Crippen molar-refractivity contribution in [3.63, 3.8) is 0 Å². The molecule has 0 spiro atoms. The summed E-state index contributed by atoms with van der Waals surface area (Å²) in [5.74, 6) is 1.83. The van der Waals surface area contributed by atoms with Crippen LogP contribution >= 0.6 is 0 Å². The van der Waals surface area contributed by atoms with E-state index in [-0.39, 0.29) is 11.5 Å². The molecular weight excluding hydrogens is 673 g/mol. The Balaban J connectivity index is 1.47. The summed E-state index contributed by atoms with van der Waals surface area (Å²) in [4.78, 5) is 18.1. The van der Waals surface area contributed by atoms with Gasteiger partial charge in [-0.25, -0.2) is 9.97 Å². The minimum atomic E-state index is 0.183. The SMILES string of the molecule is COc1cccc(-c2c3nc(c(-c4ccc(O)cc4)c4ccc([nH]4)c(-c4cccc(OC)c4)c4nc(c(-c5ccc(O)cc5)c5ccc2[nH]5)C=C4)C=C3)c1. The molecular formula is C46H34N4O4. The van der Waals surface area contributed by atoms with Gasteiger partial charge < -0.3 is 29.7 Å². The second-order valence-corrected chi connectivity index (χ2v) is 13.1. The van der Waals surface area contributed by atoms with Gasteiger partial charge in [0.1, 0.15) is 23.0 Å². The number of hydrogen-bond acceptors (Lipinski definition) is 6. The lowest BCUT2D eigenvalue weighted by Gasteiger charge is -2.08. The van der Waals surface area contributed by atoms with Crippen molar-refractivity contribution in [3.8, 4) is 67.5 Å². The Bertz CT molecular complexity index is 2620. The first-order valence-corrected chi connectivity index (χ1v) is 17.5. The Kier molecular flexibility index (Phi) is 8.05. The fourth-order valence-electron chi connectivity index (χ4n) is 7.23. The molecule has 3 aromatic heterocycles. The van der Waals surface area contributed by atoms with Gasteiger partial charge in [0.05, 0.1) is 37.0 Å². The number of aromatic nitrogens is 4. The second-order valence-electron chi connectivity index (χ2n) is 13.1. The van der Waals surface area contributed by atoms with Crippen LogP contribution in [0.15, 0.2) is 121 Å². The van der Waals surface area contributed by atoms with E-state index in [0.29, 0.717) is 0 Å². The Morgan fingerprint density at radius 3 is 1.07 bits per heavy atom. The highest BCUT2D eigenvalue weighted by Crippen LogP contribution is 2.39. The molecule has 2 aliphatic heterocycles. The average Bonchev–Trinajstić information content (AvgIpc) is 4.04. The summed E-state index contributed by atoms with van der Waals surface area (Å²) in [6, 6.07) is 38.6. The summed E-state index contributed by atoms with van der Waals surface area (Å²) in [6.45, 7) is 0. The molecule has 4 aromatic carbocycles.